The lowest BCUT2D eigenvalue weighted by Crippen LogP contribution is -2.39. The molecule has 0 aliphatic rings. The van der Waals surface area contributed by atoms with E-state index in [4.69, 9.17) is 16.0 Å². The van der Waals surface area contributed by atoms with Crippen LogP contribution in [-0.2, 0) is 11.3 Å². The molecule has 0 aromatic carbocycles. The van der Waals surface area contributed by atoms with E-state index in [1.165, 1.54) is 18.1 Å². The van der Waals surface area contributed by atoms with Crippen molar-refractivity contribution < 1.29 is 14.0 Å². The summed E-state index contributed by atoms with van der Waals surface area (Å²) in [7, 11) is 1.54. The van der Waals surface area contributed by atoms with Gasteiger partial charge in [-0.2, -0.15) is 5.10 Å². The number of likely N-dealkylation sites (N-methyl/N-ethyl adjacent to an activating group) is 1. The number of furan rings is 1. The highest BCUT2D eigenvalue weighted by molar-refractivity contribution is 6.30. The second-order valence-electron chi connectivity index (χ2n) is 5.02. The minimum atomic E-state index is -0.305. The molecule has 0 unspecified atom stereocenters. The van der Waals surface area contributed by atoms with Gasteiger partial charge in [-0.3, -0.25) is 14.3 Å². The summed E-state index contributed by atoms with van der Waals surface area (Å²) in [6, 6.07) is 3.32. The largest absolute Gasteiger partial charge is 0.454 e. The van der Waals surface area contributed by atoms with Gasteiger partial charge in [-0.15, -0.1) is 0 Å². The molecular weight excluding hydrogens is 320 g/mol. The molecule has 124 valence electrons. The quantitative estimate of drug-likeness (QED) is 0.834. The zero-order chi connectivity index (χ0) is 16.8. The summed E-state index contributed by atoms with van der Waals surface area (Å²) in [4.78, 5) is 25.5. The SMILES string of the molecule is CCCN(CC(=O)NC)C(=O)c1ccc(Cn2cc(Cl)cn2)o1. The molecule has 0 fully saturated rings. The number of nitrogens with zero attached hydrogens (tertiary/aromatic N) is 3. The van der Waals surface area contributed by atoms with Crippen LogP contribution in [0.3, 0.4) is 0 Å². The van der Waals surface area contributed by atoms with Crippen LogP contribution in [0.5, 0.6) is 0 Å². The minimum Gasteiger partial charge on any atom is -0.454 e. The Labute approximate surface area is 139 Å². The molecule has 2 amide bonds. The number of hydrogen-bond acceptors (Lipinski definition) is 4. The Kier molecular flexibility index (Phi) is 5.81. The molecule has 2 aromatic heterocycles. The van der Waals surface area contributed by atoms with E-state index < -0.39 is 0 Å². The average Bonchev–Trinajstić information content (AvgIpc) is 3.15. The summed E-state index contributed by atoms with van der Waals surface area (Å²) in [6.07, 6.45) is 3.95. The highest BCUT2D eigenvalue weighted by atomic mass is 35.5. The first-order valence-corrected chi connectivity index (χ1v) is 7.67. The van der Waals surface area contributed by atoms with Crippen LogP contribution in [0.25, 0.3) is 0 Å². The van der Waals surface area contributed by atoms with Crippen molar-refractivity contribution in [3.63, 3.8) is 0 Å². The average molecular weight is 339 g/mol. The molecule has 8 heteroatoms. The molecule has 2 heterocycles. The summed E-state index contributed by atoms with van der Waals surface area (Å²) in [5.41, 5.74) is 0. The number of nitrogens with one attached hydrogen (secondary N) is 1. The van der Waals surface area contributed by atoms with Crippen LogP contribution in [0.15, 0.2) is 28.9 Å². The van der Waals surface area contributed by atoms with Gasteiger partial charge >= 0.3 is 0 Å². The third-order valence-electron chi connectivity index (χ3n) is 3.19. The van der Waals surface area contributed by atoms with E-state index in [9.17, 15) is 9.59 Å². The Morgan fingerprint density at radius 2 is 2.22 bits per heavy atom. The molecule has 0 radical (unpaired) electrons. The zero-order valence-electron chi connectivity index (χ0n) is 13.1. The first kappa shape index (κ1) is 17.1. The summed E-state index contributed by atoms with van der Waals surface area (Å²) in [5.74, 6) is 0.269. The van der Waals surface area contributed by atoms with Gasteiger partial charge in [0.15, 0.2) is 5.76 Å². The second kappa shape index (κ2) is 7.82. The van der Waals surface area contributed by atoms with Crippen LogP contribution in [0.1, 0.15) is 29.7 Å². The predicted octanol–water partition coefficient (Wildman–Crippen LogP) is 1.78. The summed E-state index contributed by atoms with van der Waals surface area (Å²) in [6.45, 7) is 2.81. The fourth-order valence-corrected chi connectivity index (χ4v) is 2.25. The van der Waals surface area contributed by atoms with Crippen molar-refractivity contribution in [2.45, 2.75) is 19.9 Å². The van der Waals surface area contributed by atoms with Crippen LogP contribution in [0.4, 0.5) is 0 Å². The van der Waals surface area contributed by atoms with Crippen LogP contribution in [0, 0.1) is 0 Å². The van der Waals surface area contributed by atoms with Crippen LogP contribution >= 0.6 is 11.6 Å². The minimum absolute atomic E-state index is 0.00791. The summed E-state index contributed by atoms with van der Waals surface area (Å²) >= 11 is 5.81. The maximum atomic E-state index is 12.5. The van der Waals surface area contributed by atoms with Crippen molar-refractivity contribution in [2.75, 3.05) is 20.1 Å². The van der Waals surface area contributed by atoms with Crippen molar-refractivity contribution in [1.29, 1.82) is 0 Å². The molecule has 7 nitrogen and oxygen atoms in total. The van der Waals surface area contributed by atoms with Gasteiger partial charge in [-0.05, 0) is 18.6 Å². The Bertz CT molecular complexity index is 680. The van der Waals surface area contributed by atoms with Crippen LogP contribution < -0.4 is 5.32 Å². The highest BCUT2D eigenvalue weighted by Crippen LogP contribution is 2.13. The molecule has 1 N–H and O–H groups in total. The van der Waals surface area contributed by atoms with Gasteiger partial charge in [-0.1, -0.05) is 18.5 Å². The van der Waals surface area contributed by atoms with Gasteiger partial charge in [0.2, 0.25) is 5.91 Å². The summed E-state index contributed by atoms with van der Waals surface area (Å²) < 4.78 is 7.19. The highest BCUT2D eigenvalue weighted by Gasteiger charge is 2.20. The number of hydrogen-bond donors (Lipinski definition) is 1. The number of halogens is 1. The predicted molar refractivity (Wildman–Crippen MR) is 85.3 cm³/mol. The summed E-state index contributed by atoms with van der Waals surface area (Å²) in [5, 5.41) is 7.10. The Morgan fingerprint density at radius 3 is 2.83 bits per heavy atom. The van der Waals surface area contributed by atoms with Gasteiger partial charge in [-0.25, -0.2) is 0 Å². The third-order valence-corrected chi connectivity index (χ3v) is 3.38. The molecule has 2 rings (SSSR count). The van der Waals surface area contributed by atoms with E-state index in [0.29, 0.717) is 23.9 Å². The van der Waals surface area contributed by atoms with Crippen LogP contribution in [-0.4, -0.2) is 46.6 Å². The maximum Gasteiger partial charge on any atom is 0.290 e. The van der Waals surface area contributed by atoms with Crippen molar-refractivity contribution in [2.24, 2.45) is 0 Å². The third kappa shape index (κ3) is 4.59. The van der Waals surface area contributed by atoms with E-state index in [-0.39, 0.29) is 24.1 Å². The number of aromatic nitrogens is 2. The van der Waals surface area contributed by atoms with E-state index in [2.05, 4.69) is 10.4 Å². The smallest absolute Gasteiger partial charge is 0.290 e. The van der Waals surface area contributed by atoms with Gasteiger partial charge < -0.3 is 14.6 Å². The molecular formula is C15H19ClN4O3. The molecule has 0 aliphatic heterocycles. The van der Waals surface area contributed by atoms with E-state index in [1.54, 1.807) is 23.0 Å². The molecule has 0 spiro atoms. The lowest BCUT2D eigenvalue weighted by Gasteiger charge is -2.19. The normalized spacial score (nSPS) is 10.6. The van der Waals surface area contributed by atoms with Gasteiger partial charge in [0.05, 0.1) is 24.3 Å². The number of amides is 2. The van der Waals surface area contributed by atoms with E-state index in [1.807, 2.05) is 6.92 Å². The van der Waals surface area contributed by atoms with Gasteiger partial charge in [0.1, 0.15) is 5.76 Å². The molecule has 2 aromatic rings. The van der Waals surface area contributed by atoms with E-state index in [0.717, 1.165) is 6.42 Å². The maximum absolute atomic E-state index is 12.5. The monoisotopic (exact) mass is 338 g/mol. The molecule has 0 bridgehead atoms. The molecule has 0 atom stereocenters. The first-order chi connectivity index (χ1) is 11.0. The second-order valence-corrected chi connectivity index (χ2v) is 5.46. The van der Waals surface area contributed by atoms with Crippen molar-refractivity contribution in [3.05, 3.63) is 41.1 Å². The lowest BCUT2D eigenvalue weighted by atomic mass is 10.3. The Hall–Kier alpha value is -2.28. The number of carbonyl (C=O) groups excluding carboxylic acids is 2. The first-order valence-electron chi connectivity index (χ1n) is 7.30. The van der Waals surface area contributed by atoms with Gasteiger partial charge in [0, 0.05) is 19.8 Å². The number of carbonyl (C=O) groups is 2. The van der Waals surface area contributed by atoms with Crippen molar-refractivity contribution in [3.8, 4) is 0 Å². The van der Waals surface area contributed by atoms with Gasteiger partial charge in [0.25, 0.3) is 5.91 Å². The Morgan fingerprint density at radius 1 is 1.43 bits per heavy atom. The standard InChI is InChI=1S/C15H19ClN4O3/c1-3-6-19(10-14(21)17-2)15(22)13-5-4-12(23-13)9-20-8-11(16)7-18-20/h4-5,7-8H,3,6,9-10H2,1-2H3,(H,17,21). The fourth-order valence-electron chi connectivity index (χ4n) is 2.09. The topological polar surface area (TPSA) is 80.4 Å². The van der Waals surface area contributed by atoms with Crippen molar-refractivity contribution >= 4 is 23.4 Å². The van der Waals surface area contributed by atoms with E-state index >= 15 is 0 Å². The molecule has 0 saturated carbocycles. The molecule has 23 heavy (non-hydrogen) atoms. The lowest BCUT2D eigenvalue weighted by molar-refractivity contribution is -0.121. The van der Waals surface area contributed by atoms with Crippen molar-refractivity contribution in [1.82, 2.24) is 20.0 Å². The van der Waals surface area contributed by atoms with Crippen LogP contribution in [0.2, 0.25) is 5.02 Å². The number of rotatable bonds is 7. The Balaban J connectivity index is 2.07. The zero-order valence-corrected chi connectivity index (χ0v) is 13.8. The molecule has 0 saturated heterocycles. The fraction of sp³-hybridized carbons (Fsp3) is 0.400. The molecule has 0 aliphatic carbocycles.